The molecule has 0 bridgehead atoms. The van der Waals surface area contributed by atoms with E-state index in [1.165, 1.54) is 32.7 Å². The van der Waals surface area contributed by atoms with E-state index in [-0.39, 0.29) is 0 Å². The van der Waals surface area contributed by atoms with Gasteiger partial charge in [0, 0.05) is 110 Å². The smallest absolute Gasteiger partial charge is 0.194 e. The van der Waals surface area contributed by atoms with Gasteiger partial charge in [-0.15, -0.1) is 0 Å². The predicted molar refractivity (Wildman–Crippen MR) is 570 cm³/mol. The summed E-state index contributed by atoms with van der Waals surface area (Å²) in [6.45, 7) is 15.2. The van der Waals surface area contributed by atoms with Crippen LogP contribution in [0.25, 0.3) is 294 Å². The quantitative estimate of drug-likeness (QED) is 0.0890. The SMILES string of the molecule is [C-]#[N+]c1ccc(-c2c3ccccc3c(-c3nc4ccccc4c4c3ccc3c5ccccc5oc34)c3ccccc23)c2ccccc12.[C-]#[N+]c1ccc(-c2c3ccccc3c(-c3nc4ccccc4c4c3ccc3c5ccccc5oc34)c3ccccc23)cc1.c1cncc(-c2ccc(-c3c4ccccc4c(-c4nc5ccccc5c5c4ccc4c6ccccc6oc45)c4ccccc34)cc2)c1. The highest BCUT2D eigenvalue weighted by Crippen LogP contribution is 2.54. The van der Waals surface area contributed by atoms with E-state index in [1.807, 2.05) is 73.1 Å². The maximum Gasteiger partial charge on any atom is 0.194 e. The van der Waals surface area contributed by atoms with E-state index < -0.39 is 0 Å². The van der Waals surface area contributed by atoms with Gasteiger partial charge in [0.25, 0.3) is 0 Å². The van der Waals surface area contributed by atoms with Crippen molar-refractivity contribution in [2.24, 2.45) is 0 Å². The molecule has 0 fully saturated rings. The summed E-state index contributed by atoms with van der Waals surface area (Å²) in [5.74, 6) is 0. The third-order valence-electron chi connectivity index (χ3n) is 27.9. The number of rotatable bonds is 7. The van der Waals surface area contributed by atoms with E-state index in [1.54, 1.807) is 0 Å². The topological polar surface area (TPSA) is 99.7 Å². The Morgan fingerprint density at radius 3 is 0.810 bits per heavy atom. The molecule has 7 aromatic heterocycles. The Bertz CT molecular complexity index is 10100. The van der Waals surface area contributed by atoms with E-state index in [9.17, 15) is 0 Å². The zero-order chi connectivity index (χ0) is 90.5. The van der Waals surface area contributed by atoms with Gasteiger partial charge >= 0.3 is 0 Å². The molecule has 0 amide bonds. The highest BCUT2D eigenvalue weighted by molar-refractivity contribution is 6.34. The van der Waals surface area contributed by atoms with Gasteiger partial charge in [-0.05, 0) is 181 Å². The van der Waals surface area contributed by atoms with Gasteiger partial charge in [0.1, 0.15) is 33.5 Å². The molecule has 0 N–H and O–H groups in total. The number of fused-ring (bicyclic) bond motifs is 28. The lowest BCUT2D eigenvalue weighted by molar-refractivity contribution is 0.672. The average molecular weight is 1740 g/mol. The van der Waals surface area contributed by atoms with Crippen LogP contribution in [-0.4, -0.2) is 19.9 Å². The van der Waals surface area contributed by atoms with Gasteiger partial charge in [0.15, 0.2) is 11.4 Å². The molecule has 9 heteroatoms. The molecule has 0 radical (unpaired) electrons. The van der Waals surface area contributed by atoms with Gasteiger partial charge in [-0.2, -0.15) is 0 Å². The van der Waals surface area contributed by atoms with Crippen molar-refractivity contribution in [2.45, 2.75) is 0 Å². The van der Waals surface area contributed by atoms with Gasteiger partial charge in [0.2, 0.25) is 0 Å². The number of benzene rings is 22. The summed E-state index contributed by atoms with van der Waals surface area (Å²) in [6, 6.07) is 148. The van der Waals surface area contributed by atoms with Crippen LogP contribution in [0.1, 0.15) is 0 Å². The molecule has 632 valence electrons. The summed E-state index contributed by atoms with van der Waals surface area (Å²) >= 11 is 0. The Morgan fingerprint density at radius 2 is 0.474 bits per heavy atom. The zero-order valence-corrected chi connectivity index (χ0v) is 73.5. The van der Waals surface area contributed by atoms with Gasteiger partial charge in [-0.25, -0.2) is 24.6 Å². The van der Waals surface area contributed by atoms with Crippen molar-refractivity contribution in [3.8, 4) is 78.3 Å². The number of hydrogen-bond donors (Lipinski definition) is 0. The Kier molecular flexibility index (Phi) is 17.9. The molecule has 137 heavy (non-hydrogen) atoms. The average Bonchev–Trinajstić information content (AvgIpc) is 1.07. The summed E-state index contributed by atoms with van der Waals surface area (Å²) in [7, 11) is 0. The minimum absolute atomic E-state index is 0.637. The fourth-order valence-electron chi connectivity index (χ4n) is 21.9. The van der Waals surface area contributed by atoms with Gasteiger partial charge < -0.3 is 13.3 Å². The Balaban J connectivity index is 0.000000104. The molecule has 9 nitrogen and oxygen atoms in total. The van der Waals surface area contributed by atoms with E-state index in [0.717, 1.165) is 252 Å². The molecule has 0 atom stereocenters. The Morgan fingerprint density at radius 1 is 0.190 bits per heavy atom. The molecular weight excluding hydrogens is 1670 g/mol. The van der Waals surface area contributed by atoms with Crippen molar-refractivity contribution < 1.29 is 13.3 Å². The number of pyridine rings is 4. The number of furan rings is 3. The maximum absolute atomic E-state index is 7.80. The number of para-hydroxylation sites is 6. The maximum atomic E-state index is 7.80. The van der Waals surface area contributed by atoms with Crippen molar-refractivity contribution in [3.05, 3.63) is 460 Å². The highest BCUT2D eigenvalue weighted by Gasteiger charge is 2.29. The third-order valence-corrected chi connectivity index (χ3v) is 27.9. The van der Waals surface area contributed by atoms with Crippen LogP contribution < -0.4 is 0 Å². The molecule has 0 aliphatic heterocycles. The molecule has 29 aromatic rings. The lowest BCUT2D eigenvalue weighted by Gasteiger charge is -2.20. The molecule has 7 heterocycles. The normalized spacial score (nSPS) is 11.8. The van der Waals surface area contributed by atoms with Crippen molar-refractivity contribution in [1.82, 2.24) is 19.9 Å². The summed E-state index contributed by atoms with van der Waals surface area (Å²) in [5, 5.41) is 32.3. The van der Waals surface area contributed by atoms with Gasteiger partial charge in [-0.3, -0.25) is 4.98 Å². The van der Waals surface area contributed by atoms with E-state index in [0.29, 0.717) is 11.4 Å². The van der Waals surface area contributed by atoms with Crippen molar-refractivity contribution in [2.75, 3.05) is 0 Å². The lowest BCUT2D eigenvalue weighted by Crippen LogP contribution is -1.95. The van der Waals surface area contributed by atoms with Crippen LogP contribution in [0, 0.1) is 13.1 Å². The molecule has 22 aromatic carbocycles. The van der Waals surface area contributed by atoms with E-state index in [4.69, 9.17) is 41.3 Å². The largest absolute Gasteiger partial charge is 0.455 e. The summed E-state index contributed by atoms with van der Waals surface area (Å²) < 4.78 is 19.8. The molecule has 0 spiro atoms. The number of nitrogens with zero attached hydrogens (tertiary/aromatic N) is 6. The van der Waals surface area contributed by atoms with Crippen LogP contribution in [0.5, 0.6) is 0 Å². The van der Waals surface area contributed by atoms with Crippen LogP contribution in [-0.2, 0) is 0 Å². The molecular formula is C128H72N6O3. The standard InChI is InChI=1S/C44H24N2O.C44H26N2O.C40H22N2O/c1-45-37-25-24-33(26-12-2-3-13-27(26)37)40-29-15-4-6-17-31(29)41(32-18-7-5-16-30(32)40)43-36-23-22-34-28-14-9-11-21-39(28)47-44(34)42(36)35-19-8-10-20-38(35)46-43;1-3-14-33-31(12-1)40(28-21-19-27(20-22-28)29-10-9-25-45-26-29)32-13-2-4-15-34(32)41(33)43-37-24-23-35-30-11-6-8-18-39(30)47-44(35)42(37)36-16-5-7-17-38(36)46-43;1-41-25-20-18-24(19-21-25)36-27-11-2-4-13-29(27)37(30-14-5-3-12-28(30)36)39-33-23-22-31-26-10-7-9-17-35(26)43-40(31)38(33)32-15-6-8-16-34(32)42-39/h2-25H;1-26H;2-23H. The molecule has 0 saturated heterocycles. The van der Waals surface area contributed by atoms with Gasteiger partial charge in [-0.1, -0.05) is 364 Å². The number of aromatic nitrogens is 4. The minimum Gasteiger partial charge on any atom is -0.455 e. The zero-order valence-electron chi connectivity index (χ0n) is 73.5. The van der Waals surface area contributed by atoms with Crippen LogP contribution in [0.15, 0.2) is 450 Å². The molecule has 0 saturated carbocycles. The van der Waals surface area contributed by atoms with Crippen molar-refractivity contribution in [1.29, 1.82) is 0 Å². The highest BCUT2D eigenvalue weighted by atomic mass is 16.3. The first-order valence-electron chi connectivity index (χ1n) is 46.0. The lowest BCUT2D eigenvalue weighted by atomic mass is 9.84. The number of hydrogen-bond acceptors (Lipinski definition) is 7. The molecule has 0 aliphatic rings. The third kappa shape index (κ3) is 12.3. The van der Waals surface area contributed by atoms with Gasteiger partial charge in [0.05, 0.1) is 46.8 Å². The summed E-state index contributed by atoms with van der Waals surface area (Å²) in [5.41, 5.74) is 24.9. The Labute approximate surface area is 783 Å². The molecule has 29 rings (SSSR count). The van der Waals surface area contributed by atoms with E-state index in [2.05, 4.69) is 379 Å². The van der Waals surface area contributed by atoms with Crippen molar-refractivity contribution in [3.63, 3.8) is 0 Å². The fourth-order valence-corrected chi connectivity index (χ4v) is 21.9. The molecule has 0 aliphatic carbocycles. The van der Waals surface area contributed by atoms with Crippen LogP contribution >= 0.6 is 0 Å². The summed E-state index contributed by atoms with van der Waals surface area (Å²) in [6.07, 6.45) is 3.72. The Hall–Kier alpha value is -18.8. The fraction of sp³-hybridized carbons (Fsp3) is 0. The monoisotopic (exact) mass is 1740 g/mol. The predicted octanol–water partition coefficient (Wildman–Crippen LogP) is 36.1. The van der Waals surface area contributed by atoms with Crippen LogP contribution in [0.2, 0.25) is 0 Å². The van der Waals surface area contributed by atoms with E-state index >= 15 is 0 Å². The summed E-state index contributed by atoms with van der Waals surface area (Å²) in [4.78, 5) is 28.0. The van der Waals surface area contributed by atoms with Crippen LogP contribution in [0.3, 0.4) is 0 Å². The van der Waals surface area contributed by atoms with Crippen molar-refractivity contribution >= 4 is 218 Å². The first-order chi connectivity index (χ1) is 67.9. The molecule has 0 unspecified atom stereocenters. The minimum atomic E-state index is 0.637. The second-order valence-corrected chi connectivity index (χ2v) is 35.1. The first-order valence-corrected chi connectivity index (χ1v) is 46.0. The second kappa shape index (κ2) is 31.5. The second-order valence-electron chi connectivity index (χ2n) is 35.1. The van der Waals surface area contributed by atoms with Crippen LogP contribution in [0.4, 0.5) is 11.4 Å². The first kappa shape index (κ1) is 78.1.